The summed E-state index contributed by atoms with van der Waals surface area (Å²) >= 11 is 1.55. The standard InChI is InChI=1S/C22H20N4O4S/c1-28-15-9-11-16(12-10-15)29-22-17(5-3-13-23-22)24-19(27)7-2-8-20-25-21(26-30-20)18-6-4-14-31-18/h3-6,9-14H,2,7-8H2,1H3,(H,24,27). The van der Waals surface area contributed by atoms with Gasteiger partial charge < -0.3 is 19.3 Å². The molecule has 0 saturated carbocycles. The molecule has 0 aliphatic rings. The number of carbonyl (C=O) groups excluding carboxylic acids is 1. The first-order valence-electron chi connectivity index (χ1n) is 9.64. The van der Waals surface area contributed by atoms with E-state index in [1.165, 1.54) is 0 Å². The molecule has 0 aliphatic heterocycles. The lowest BCUT2D eigenvalue weighted by atomic mass is 10.2. The molecular formula is C22H20N4O4S. The van der Waals surface area contributed by atoms with Crippen molar-refractivity contribution in [2.45, 2.75) is 19.3 Å². The summed E-state index contributed by atoms with van der Waals surface area (Å²) in [4.78, 5) is 22.0. The van der Waals surface area contributed by atoms with Crippen LogP contribution >= 0.6 is 11.3 Å². The van der Waals surface area contributed by atoms with Crippen LogP contribution in [0.3, 0.4) is 0 Å². The molecule has 0 spiro atoms. The second-order valence-electron chi connectivity index (χ2n) is 6.52. The van der Waals surface area contributed by atoms with Crippen LogP contribution in [0.2, 0.25) is 0 Å². The number of rotatable bonds is 9. The molecular weight excluding hydrogens is 416 g/mol. The summed E-state index contributed by atoms with van der Waals surface area (Å²) in [6.45, 7) is 0. The average Bonchev–Trinajstić information content (AvgIpc) is 3.48. The van der Waals surface area contributed by atoms with Crippen molar-refractivity contribution in [3.05, 3.63) is 66.0 Å². The minimum Gasteiger partial charge on any atom is -0.497 e. The molecule has 8 nitrogen and oxygen atoms in total. The van der Waals surface area contributed by atoms with Crippen LogP contribution in [0.1, 0.15) is 18.7 Å². The number of carbonyl (C=O) groups is 1. The second kappa shape index (κ2) is 9.86. The minimum absolute atomic E-state index is 0.148. The van der Waals surface area contributed by atoms with Gasteiger partial charge in [0.2, 0.25) is 23.5 Å². The molecule has 0 radical (unpaired) electrons. The predicted molar refractivity (Wildman–Crippen MR) is 116 cm³/mol. The highest BCUT2D eigenvalue weighted by atomic mass is 32.1. The van der Waals surface area contributed by atoms with Crippen molar-refractivity contribution >= 4 is 22.9 Å². The number of anilines is 1. The van der Waals surface area contributed by atoms with E-state index < -0.39 is 0 Å². The number of aromatic nitrogens is 3. The molecule has 3 heterocycles. The third-order valence-electron chi connectivity index (χ3n) is 4.32. The molecule has 0 aliphatic carbocycles. The monoisotopic (exact) mass is 436 g/mol. The lowest BCUT2D eigenvalue weighted by molar-refractivity contribution is -0.116. The van der Waals surface area contributed by atoms with E-state index >= 15 is 0 Å². The van der Waals surface area contributed by atoms with E-state index in [0.29, 0.717) is 48.3 Å². The molecule has 9 heteroatoms. The molecule has 31 heavy (non-hydrogen) atoms. The van der Waals surface area contributed by atoms with Gasteiger partial charge in [0, 0.05) is 19.0 Å². The maximum atomic E-state index is 12.4. The van der Waals surface area contributed by atoms with E-state index in [2.05, 4.69) is 20.4 Å². The molecule has 0 fully saturated rings. The van der Waals surface area contributed by atoms with Crippen LogP contribution in [0.4, 0.5) is 5.69 Å². The zero-order chi connectivity index (χ0) is 21.5. The van der Waals surface area contributed by atoms with E-state index in [0.717, 1.165) is 10.6 Å². The van der Waals surface area contributed by atoms with Crippen LogP contribution in [0.5, 0.6) is 17.4 Å². The number of amides is 1. The Bertz CT molecular complexity index is 1130. The van der Waals surface area contributed by atoms with Gasteiger partial charge in [-0.05, 0) is 54.3 Å². The fraction of sp³-hybridized carbons (Fsp3) is 0.182. The SMILES string of the molecule is COc1ccc(Oc2ncccc2NC(=O)CCCc2nc(-c3cccs3)no2)cc1. The summed E-state index contributed by atoms with van der Waals surface area (Å²) in [5, 5.41) is 8.79. The van der Waals surface area contributed by atoms with E-state index in [4.69, 9.17) is 14.0 Å². The number of nitrogens with zero attached hydrogens (tertiary/aromatic N) is 3. The summed E-state index contributed by atoms with van der Waals surface area (Å²) in [6.07, 6.45) is 3.00. The van der Waals surface area contributed by atoms with Gasteiger partial charge >= 0.3 is 0 Å². The maximum Gasteiger partial charge on any atom is 0.243 e. The fourth-order valence-corrected chi connectivity index (χ4v) is 3.45. The van der Waals surface area contributed by atoms with Gasteiger partial charge in [0.1, 0.15) is 17.2 Å². The molecule has 0 saturated heterocycles. The molecule has 158 valence electrons. The third-order valence-corrected chi connectivity index (χ3v) is 5.19. The van der Waals surface area contributed by atoms with Crippen LogP contribution in [0, 0.1) is 0 Å². The summed E-state index contributed by atoms with van der Waals surface area (Å²) in [5.74, 6) is 2.58. The third kappa shape index (κ3) is 5.46. The number of hydrogen-bond donors (Lipinski definition) is 1. The summed E-state index contributed by atoms with van der Waals surface area (Å²) < 4.78 is 16.2. The number of ether oxygens (including phenoxy) is 2. The lowest BCUT2D eigenvalue weighted by Gasteiger charge is -2.11. The Morgan fingerprint density at radius 3 is 2.74 bits per heavy atom. The Kier molecular flexibility index (Phi) is 6.53. The molecule has 1 aromatic carbocycles. The average molecular weight is 436 g/mol. The first-order valence-corrected chi connectivity index (χ1v) is 10.5. The van der Waals surface area contributed by atoms with Gasteiger partial charge in [-0.15, -0.1) is 11.3 Å². The molecule has 0 atom stereocenters. The predicted octanol–water partition coefficient (Wildman–Crippen LogP) is 4.96. The molecule has 3 aromatic heterocycles. The summed E-state index contributed by atoms with van der Waals surface area (Å²) in [6, 6.07) is 14.5. The quantitative estimate of drug-likeness (QED) is 0.396. The van der Waals surface area contributed by atoms with Crippen molar-refractivity contribution in [1.82, 2.24) is 15.1 Å². The Morgan fingerprint density at radius 2 is 1.97 bits per heavy atom. The molecule has 4 aromatic rings. The lowest BCUT2D eigenvalue weighted by Crippen LogP contribution is -2.12. The second-order valence-corrected chi connectivity index (χ2v) is 7.47. The zero-order valence-corrected chi connectivity index (χ0v) is 17.6. The van der Waals surface area contributed by atoms with Crippen molar-refractivity contribution in [1.29, 1.82) is 0 Å². The van der Waals surface area contributed by atoms with Gasteiger partial charge in [0.05, 0.1) is 12.0 Å². The summed E-state index contributed by atoms with van der Waals surface area (Å²) in [5.41, 5.74) is 0.501. The number of methoxy groups -OCH3 is 1. The van der Waals surface area contributed by atoms with Crippen LogP contribution in [0.15, 0.2) is 64.6 Å². The Labute approximate surface area is 182 Å². The Balaban J connectivity index is 1.30. The maximum absolute atomic E-state index is 12.4. The van der Waals surface area contributed by atoms with E-state index in [1.807, 2.05) is 17.5 Å². The molecule has 1 amide bonds. The van der Waals surface area contributed by atoms with E-state index in [9.17, 15) is 4.79 Å². The topological polar surface area (TPSA) is 99.4 Å². The minimum atomic E-state index is -0.148. The first-order chi connectivity index (χ1) is 15.2. The highest BCUT2D eigenvalue weighted by Gasteiger charge is 2.12. The number of thiophene rings is 1. The van der Waals surface area contributed by atoms with Gasteiger partial charge in [-0.1, -0.05) is 11.2 Å². The van der Waals surface area contributed by atoms with Crippen LogP contribution in [-0.2, 0) is 11.2 Å². The van der Waals surface area contributed by atoms with Crippen molar-refractivity contribution in [2.24, 2.45) is 0 Å². The smallest absolute Gasteiger partial charge is 0.243 e. The Morgan fingerprint density at radius 1 is 1.13 bits per heavy atom. The molecule has 0 unspecified atom stereocenters. The number of nitrogens with one attached hydrogen (secondary N) is 1. The number of aryl methyl sites for hydroxylation is 1. The normalized spacial score (nSPS) is 10.6. The van der Waals surface area contributed by atoms with Crippen LogP contribution in [0.25, 0.3) is 10.7 Å². The van der Waals surface area contributed by atoms with Gasteiger partial charge in [-0.3, -0.25) is 4.79 Å². The largest absolute Gasteiger partial charge is 0.497 e. The zero-order valence-electron chi connectivity index (χ0n) is 16.8. The van der Waals surface area contributed by atoms with Crippen molar-refractivity contribution in [3.8, 4) is 28.1 Å². The van der Waals surface area contributed by atoms with Gasteiger partial charge in [0.25, 0.3) is 0 Å². The molecule has 0 bridgehead atoms. The molecule has 4 rings (SSSR count). The van der Waals surface area contributed by atoms with Crippen LogP contribution < -0.4 is 14.8 Å². The van der Waals surface area contributed by atoms with Gasteiger partial charge in [-0.25, -0.2) is 4.98 Å². The Hall–Kier alpha value is -3.72. The van der Waals surface area contributed by atoms with Gasteiger partial charge in [0.15, 0.2) is 0 Å². The fourth-order valence-electron chi connectivity index (χ4n) is 2.80. The van der Waals surface area contributed by atoms with E-state index in [1.54, 1.807) is 61.0 Å². The highest BCUT2D eigenvalue weighted by Crippen LogP contribution is 2.28. The molecule has 1 N–H and O–H groups in total. The van der Waals surface area contributed by atoms with Crippen molar-refractivity contribution < 1.29 is 18.8 Å². The first kappa shape index (κ1) is 20.5. The number of benzene rings is 1. The highest BCUT2D eigenvalue weighted by molar-refractivity contribution is 7.13. The number of hydrogen-bond acceptors (Lipinski definition) is 8. The van der Waals surface area contributed by atoms with Crippen molar-refractivity contribution in [2.75, 3.05) is 12.4 Å². The van der Waals surface area contributed by atoms with Gasteiger partial charge in [-0.2, -0.15) is 4.98 Å². The summed E-state index contributed by atoms with van der Waals surface area (Å²) in [7, 11) is 1.60. The van der Waals surface area contributed by atoms with Crippen molar-refractivity contribution in [3.63, 3.8) is 0 Å². The number of pyridine rings is 1. The van der Waals surface area contributed by atoms with Crippen LogP contribution in [-0.4, -0.2) is 28.1 Å². The van der Waals surface area contributed by atoms with E-state index in [-0.39, 0.29) is 5.91 Å².